The maximum Gasteiger partial charge on any atom is 0.276 e. The number of nitrogens with one attached hydrogen (secondary N) is 1. The van der Waals surface area contributed by atoms with Gasteiger partial charge in [0.25, 0.3) is 10.0 Å². The van der Waals surface area contributed by atoms with Gasteiger partial charge in [0.15, 0.2) is 9.84 Å². The molecule has 1 aromatic heterocycles. The number of aromatic nitrogens is 1. The molecule has 0 fully saturated rings. The van der Waals surface area contributed by atoms with Crippen LogP contribution >= 0.6 is 11.3 Å². The highest BCUT2D eigenvalue weighted by molar-refractivity contribution is 7.91. The van der Waals surface area contributed by atoms with Crippen molar-refractivity contribution in [3.8, 4) is 0 Å². The van der Waals surface area contributed by atoms with Crippen LogP contribution in [0.15, 0.2) is 62.3 Å². The largest absolute Gasteiger partial charge is 0.318 e. The van der Waals surface area contributed by atoms with Gasteiger partial charge in [0.2, 0.25) is 14.8 Å². The zero-order chi connectivity index (χ0) is 33.8. The van der Waals surface area contributed by atoms with Crippen molar-refractivity contribution in [2.45, 2.75) is 112 Å². The number of aryl methyl sites for hydroxylation is 1. The molecule has 2 aromatic carbocycles. The molecule has 3 aromatic rings. The summed E-state index contributed by atoms with van der Waals surface area (Å²) in [6.07, 6.45) is 18.5. The Bertz CT molecular complexity index is 1800. The van der Waals surface area contributed by atoms with Gasteiger partial charge in [-0.2, -0.15) is 13.2 Å². The number of thiazole rings is 1. The van der Waals surface area contributed by atoms with Crippen LogP contribution in [0.3, 0.4) is 0 Å². The molecule has 0 saturated heterocycles. The van der Waals surface area contributed by atoms with Crippen molar-refractivity contribution in [1.29, 1.82) is 0 Å². The Hall–Kier alpha value is -2.26. The second kappa shape index (κ2) is 17.8. The molecule has 10 nitrogen and oxygen atoms in total. The minimum absolute atomic E-state index is 0.00952. The molecule has 0 unspecified atom stereocenters. The van der Waals surface area contributed by atoms with Crippen molar-refractivity contribution in [3.63, 3.8) is 0 Å². The number of sulfonamides is 2. The van der Waals surface area contributed by atoms with E-state index in [0.717, 1.165) is 30.2 Å². The van der Waals surface area contributed by atoms with E-state index in [-0.39, 0.29) is 14.7 Å². The molecule has 1 N–H and O–H groups in total. The van der Waals surface area contributed by atoms with Crippen molar-refractivity contribution in [3.05, 3.63) is 47.3 Å². The third-order valence-corrected chi connectivity index (χ3v) is 13.5. The Balaban J connectivity index is 1.50. The first-order valence-electron chi connectivity index (χ1n) is 16.2. The van der Waals surface area contributed by atoms with Crippen molar-refractivity contribution in [2.24, 2.45) is 12.1 Å². The molecule has 0 aliphatic carbocycles. The van der Waals surface area contributed by atoms with Crippen LogP contribution in [0.25, 0.3) is 10.2 Å². The van der Waals surface area contributed by atoms with Crippen LogP contribution in [0.1, 0.15) is 96.8 Å². The van der Waals surface area contributed by atoms with Crippen molar-refractivity contribution < 1.29 is 25.3 Å². The Morgan fingerprint density at radius 3 is 1.72 bits per heavy atom. The molecule has 0 atom stereocenters. The van der Waals surface area contributed by atoms with Gasteiger partial charge in [-0.1, -0.05) is 102 Å². The van der Waals surface area contributed by atoms with Crippen LogP contribution in [0.4, 0.5) is 0 Å². The van der Waals surface area contributed by atoms with Gasteiger partial charge in [-0.05, 0) is 48.9 Å². The van der Waals surface area contributed by atoms with Crippen LogP contribution < -0.4 is 9.63 Å². The van der Waals surface area contributed by atoms with Gasteiger partial charge in [0, 0.05) is 26.9 Å². The molecule has 0 saturated carbocycles. The predicted molar refractivity (Wildman–Crippen MR) is 186 cm³/mol. The highest BCUT2D eigenvalue weighted by Crippen LogP contribution is 2.23. The average Bonchev–Trinajstić information content (AvgIpc) is 3.34. The van der Waals surface area contributed by atoms with E-state index in [4.69, 9.17) is 0 Å². The molecule has 0 spiro atoms. The summed E-state index contributed by atoms with van der Waals surface area (Å²) >= 11 is 1.21. The molecule has 1 heterocycles. The summed E-state index contributed by atoms with van der Waals surface area (Å²) in [6.45, 7) is 2.69. The summed E-state index contributed by atoms with van der Waals surface area (Å²) in [4.78, 5) is 2.54. The van der Waals surface area contributed by atoms with E-state index in [0.29, 0.717) is 16.9 Å². The van der Waals surface area contributed by atoms with Crippen LogP contribution in [-0.4, -0.2) is 54.0 Å². The molecule has 3 rings (SSSR count). The smallest absolute Gasteiger partial charge is 0.276 e. The number of benzene rings is 2. The maximum atomic E-state index is 13.3. The van der Waals surface area contributed by atoms with E-state index in [9.17, 15) is 25.3 Å². The molecule has 258 valence electrons. The summed E-state index contributed by atoms with van der Waals surface area (Å²) in [5.41, 5.74) is 0.603. The first-order valence-corrected chi connectivity index (χ1v) is 21.8. The van der Waals surface area contributed by atoms with Gasteiger partial charge in [-0.3, -0.25) is 0 Å². The third kappa shape index (κ3) is 11.2. The van der Waals surface area contributed by atoms with Gasteiger partial charge in [-0.15, -0.1) is 5.10 Å². The lowest BCUT2D eigenvalue weighted by Crippen LogP contribution is -2.28. The first kappa shape index (κ1) is 38.2. The minimum atomic E-state index is -4.06. The number of hydrogen-bond acceptors (Lipinski definition) is 8. The molecule has 0 amide bonds. The van der Waals surface area contributed by atoms with E-state index >= 15 is 0 Å². The molecule has 0 aliphatic rings. The standard InChI is InChI=1S/C32H50N4O6S4/c1-5-6-7-8-9-10-11-12-13-14-15-16-17-18-25-35(2)46(41,42)29-23-24-31-30(26-29)36(3)32(43-31)33-34-45(39,40)28-21-19-27(20-22-28)44(4,37)38/h19-24,26,34H,5-18,25H2,1-4H3. The monoisotopic (exact) mass is 714 g/mol. The SMILES string of the molecule is CCCCCCCCCCCCCCCCN(C)S(=O)(=O)c1ccc2sc(=NNS(=O)(=O)c3ccc(S(C)(=O)=O)cc3)n(C)c2c1. The number of rotatable bonds is 21. The van der Waals surface area contributed by atoms with Crippen LogP contribution in [-0.2, 0) is 36.9 Å². The van der Waals surface area contributed by atoms with Crippen LogP contribution in [0.5, 0.6) is 0 Å². The van der Waals surface area contributed by atoms with Crippen molar-refractivity contribution in [2.75, 3.05) is 19.8 Å². The molecule has 0 radical (unpaired) electrons. The van der Waals surface area contributed by atoms with Gasteiger partial charge < -0.3 is 4.57 Å². The first-order chi connectivity index (χ1) is 21.8. The second-order valence-electron chi connectivity index (χ2n) is 11.9. The quantitative estimate of drug-likeness (QED) is 0.0984. The summed E-state index contributed by atoms with van der Waals surface area (Å²) in [5.74, 6) is 0. The van der Waals surface area contributed by atoms with Gasteiger partial charge in [0.05, 0.1) is 24.9 Å². The Kier molecular flexibility index (Phi) is 14.7. The van der Waals surface area contributed by atoms with E-state index in [1.54, 1.807) is 36.9 Å². The van der Waals surface area contributed by atoms with Gasteiger partial charge in [-0.25, -0.2) is 21.1 Å². The van der Waals surface area contributed by atoms with E-state index in [1.807, 2.05) is 0 Å². The third-order valence-electron chi connectivity index (χ3n) is 8.14. The number of unbranched alkanes of at least 4 members (excludes halogenated alkanes) is 13. The topological polar surface area (TPSA) is 135 Å². The zero-order valence-corrected chi connectivity index (χ0v) is 30.8. The Labute approximate surface area is 279 Å². The lowest BCUT2D eigenvalue weighted by atomic mass is 10.0. The molecular formula is C32H50N4O6S4. The maximum absolute atomic E-state index is 13.3. The number of nitrogens with zero attached hydrogens (tertiary/aromatic N) is 3. The fraction of sp³-hybridized carbons (Fsp3) is 0.594. The highest BCUT2D eigenvalue weighted by Gasteiger charge is 2.22. The van der Waals surface area contributed by atoms with E-state index in [1.165, 1.54) is 111 Å². The Morgan fingerprint density at radius 1 is 0.717 bits per heavy atom. The van der Waals surface area contributed by atoms with Crippen LogP contribution in [0.2, 0.25) is 0 Å². The van der Waals surface area contributed by atoms with Crippen molar-refractivity contribution >= 4 is 51.4 Å². The second-order valence-corrected chi connectivity index (χ2v) is 18.7. The summed E-state index contributed by atoms with van der Waals surface area (Å²) in [6, 6.07) is 9.69. The molecule has 14 heteroatoms. The lowest BCUT2D eigenvalue weighted by molar-refractivity contribution is 0.447. The summed E-state index contributed by atoms with van der Waals surface area (Å²) < 4.78 is 79.3. The lowest BCUT2D eigenvalue weighted by Gasteiger charge is -2.17. The fourth-order valence-electron chi connectivity index (χ4n) is 5.22. The van der Waals surface area contributed by atoms with Gasteiger partial charge in [0.1, 0.15) is 0 Å². The summed E-state index contributed by atoms with van der Waals surface area (Å²) in [5, 5.41) is 4.06. The van der Waals surface area contributed by atoms with E-state index < -0.39 is 29.9 Å². The van der Waals surface area contributed by atoms with Crippen LogP contribution in [0, 0.1) is 0 Å². The van der Waals surface area contributed by atoms with E-state index in [2.05, 4.69) is 16.9 Å². The average molecular weight is 715 g/mol. The van der Waals surface area contributed by atoms with Gasteiger partial charge >= 0.3 is 0 Å². The molecular weight excluding hydrogens is 665 g/mol. The summed E-state index contributed by atoms with van der Waals surface area (Å²) in [7, 11) is -7.94. The highest BCUT2D eigenvalue weighted by atomic mass is 32.2. The molecule has 0 bridgehead atoms. The normalized spacial score (nSPS) is 13.2. The minimum Gasteiger partial charge on any atom is -0.318 e. The van der Waals surface area contributed by atoms with Crippen molar-refractivity contribution in [1.82, 2.24) is 13.7 Å². The number of fused-ring (bicyclic) bond motifs is 1. The fourth-order valence-corrected chi connectivity index (χ4v) is 8.91. The number of sulfone groups is 1. The number of hydrogen-bond donors (Lipinski definition) is 1. The predicted octanol–water partition coefficient (Wildman–Crippen LogP) is 6.54. The molecule has 0 aliphatic heterocycles. The Morgan fingerprint density at radius 2 is 1.20 bits per heavy atom. The molecule has 46 heavy (non-hydrogen) atoms. The zero-order valence-electron chi connectivity index (χ0n) is 27.6.